The Morgan fingerprint density at radius 3 is 2.21 bits per heavy atom. The lowest BCUT2D eigenvalue weighted by Crippen LogP contribution is -2.47. The van der Waals surface area contributed by atoms with Gasteiger partial charge >= 0.3 is 0 Å². The number of hydrogen-bond donors (Lipinski definition) is 1. The maximum atomic E-state index is 6.53. The van der Waals surface area contributed by atoms with Crippen molar-refractivity contribution in [3.8, 4) is 5.75 Å². The lowest BCUT2D eigenvalue weighted by atomic mass is 10.0. The Kier molecular flexibility index (Phi) is 5.41. The molecule has 2 fully saturated rings. The summed E-state index contributed by atoms with van der Waals surface area (Å²) >= 11 is 0. The van der Waals surface area contributed by atoms with Gasteiger partial charge in [0.15, 0.2) is 11.6 Å². The predicted octanol–water partition coefficient (Wildman–Crippen LogP) is 2.63. The highest BCUT2D eigenvalue weighted by Gasteiger charge is 2.25. The number of hydrogen-bond acceptors (Lipinski definition) is 7. The summed E-state index contributed by atoms with van der Waals surface area (Å²) in [6, 6.07) is 8.25. The average Bonchev–Trinajstić information content (AvgIpc) is 2.74. The van der Waals surface area contributed by atoms with E-state index in [9.17, 15) is 0 Å². The van der Waals surface area contributed by atoms with Crippen molar-refractivity contribution in [3.63, 3.8) is 0 Å². The summed E-state index contributed by atoms with van der Waals surface area (Å²) in [5.41, 5.74) is 8.47. The minimum Gasteiger partial charge on any atom is -0.497 e. The van der Waals surface area contributed by atoms with Crippen LogP contribution in [0.4, 0.5) is 23.0 Å². The first-order valence-corrected chi connectivity index (χ1v) is 10.1. The number of aromatic nitrogens is 2. The molecule has 2 aliphatic heterocycles. The Morgan fingerprint density at radius 2 is 1.57 bits per heavy atom. The van der Waals surface area contributed by atoms with E-state index in [-0.39, 0.29) is 0 Å². The number of methoxy groups -OCH3 is 1. The first-order valence-electron chi connectivity index (χ1n) is 10.1. The number of piperidine rings is 1. The van der Waals surface area contributed by atoms with Gasteiger partial charge in [-0.15, -0.1) is 0 Å². The number of piperazine rings is 1. The summed E-state index contributed by atoms with van der Waals surface area (Å²) in [7, 11) is 1.69. The van der Waals surface area contributed by atoms with Gasteiger partial charge in [0.05, 0.1) is 7.11 Å². The molecule has 0 saturated carbocycles. The number of rotatable bonds is 4. The second kappa shape index (κ2) is 8.12. The Hall–Kier alpha value is -2.70. The molecular formula is C21H30N6O. The van der Waals surface area contributed by atoms with Crippen LogP contribution >= 0.6 is 0 Å². The molecule has 0 bridgehead atoms. The van der Waals surface area contributed by atoms with Gasteiger partial charge in [-0.05, 0) is 43.0 Å². The van der Waals surface area contributed by atoms with E-state index in [1.54, 1.807) is 13.4 Å². The topological polar surface area (TPSA) is 70.8 Å². The highest BCUT2D eigenvalue weighted by molar-refractivity contribution is 5.76. The zero-order chi connectivity index (χ0) is 19.5. The maximum Gasteiger partial charge on any atom is 0.157 e. The summed E-state index contributed by atoms with van der Waals surface area (Å²) in [4.78, 5) is 16.0. The molecule has 1 aromatic carbocycles. The number of nitrogens with two attached hydrogens (primary N) is 1. The van der Waals surface area contributed by atoms with Gasteiger partial charge in [0.1, 0.15) is 17.8 Å². The molecule has 2 aliphatic rings. The van der Waals surface area contributed by atoms with Gasteiger partial charge in [0.2, 0.25) is 0 Å². The van der Waals surface area contributed by atoms with E-state index < -0.39 is 0 Å². The Balaban J connectivity index is 1.45. The summed E-state index contributed by atoms with van der Waals surface area (Å²) in [5.74, 6) is 3.34. The monoisotopic (exact) mass is 382 g/mol. The van der Waals surface area contributed by atoms with Crippen LogP contribution < -0.4 is 25.2 Å². The van der Waals surface area contributed by atoms with Crippen LogP contribution in [0, 0.1) is 5.92 Å². The Bertz CT molecular complexity index is 788. The van der Waals surface area contributed by atoms with Gasteiger partial charge in [-0.1, -0.05) is 6.92 Å². The molecule has 7 nitrogen and oxygen atoms in total. The third-order valence-corrected chi connectivity index (χ3v) is 5.82. The first-order chi connectivity index (χ1) is 13.7. The zero-order valence-corrected chi connectivity index (χ0v) is 16.8. The molecule has 150 valence electrons. The third-order valence-electron chi connectivity index (χ3n) is 5.82. The van der Waals surface area contributed by atoms with E-state index in [4.69, 9.17) is 10.5 Å². The van der Waals surface area contributed by atoms with Crippen molar-refractivity contribution in [1.82, 2.24) is 9.97 Å². The Labute approximate surface area is 167 Å². The molecule has 2 aromatic rings. The average molecular weight is 383 g/mol. The molecule has 2 N–H and O–H groups in total. The van der Waals surface area contributed by atoms with Crippen LogP contribution in [0.2, 0.25) is 0 Å². The standard InChI is InChI=1S/C21H30N6O/c1-16-4-3-9-27(14-16)21-19(22)20(23-15-24-21)26-12-10-25(11-13-26)17-5-7-18(28-2)8-6-17/h5-8,15-16H,3-4,9-14,22H2,1-2H3. The van der Waals surface area contributed by atoms with E-state index in [0.29, 0.717) is 5.92 Å². The van der Waals surface area contributed by atoms with E-state index in [2.05, 4.69) is 43.7 Å². The van der Waals surface area contributed by atoms with Crippen LogP contribution in [0.5, 0.6) is 5.75 Å². The second-order valence-electron chi connectivity index (χ2n) is 7.80. The van der Waals surface area contributed by atoms with Gasteiger partial charge in [0, 0.05) is 45.0 Å². The molecule has 0 amide bonds. The third kappa shape index (κ3) is 3.79. The molecular weight excluding hydrogens is 352 g/mol. The summed E-state index contributed by atoms with van der Waals surface area (Å²) in [6.07, 6.45) is 4.14. The molecule has 1 unspecified atom stereocenters. The fraction of sp³-hybridized carbons (Fsp3) is 0.524. The number of benzene rings is 1. The van der Waals surface area contributed by atoms with Crippen LogP contribution in [0.15, 0.2) is 30.6 Å². The number of nitrogens with zero attached hydrogens (tertiary/aromatic N) is 5. The minimum absolute atomic E-state index is 0.680. The Morgan fingerprint density at radius 1 is 0.929 bits per heavy atom. The summed E-state index contributed by atoms with van der Waals surface area (Å²) < 4.78 is 5.25. The molecule has 1 atom stereocenters. The van der Waals surface area contributed by atoms with Crippen molar-refractivity contribution in [2.75, 3.05) is 66.8 Å². The van der Waals surface area contributed by atoms with Gasteiger partial charge in [0.25, 0.3) is 0 Å². The zero-order valence-electron chi connectivity index (χ0n) is 16.8. The number of ether oxygens (including phenoxy) is 1. The van der Waals surface area contributed by atoms with E-state index in [1.165, 1.54) is 18.5 Å². The molecule has 0 aliphatic carbocycles. The minimum atomic E-state index is 0.680. The largest absolute Gasteiger partial charge is 0.497 e. The molecule has 0 spiro atoms. The van der Waals surface area contributed by atoms with Crippen molar-refractivity contribution in [1.29, 1.82) is 0 Å². The van der Waals surface area contributed by atoms with Crippen molar-refractivity contribution < 1.29 is 4.74 Å². The molecule has 7 heteroatoms. The van der Waals surface area contributed by atoms with E-state index in [1.807, 2.05) is 12.1 Å². The first kappa shape index (κ1) is 18.7. The smallest absolute Gasteiger partial charge is 0.157 e. The molecule has 1 aromatic heterocycles. The van der Waals surface area contributed by atoms with Crippen molar-refractivity contribution in [3.05, 3.63) is 30.6 Å². The number of nitrogen functional groups attached to an aromatic ring is 1. The van der Waals surface area contributed by atoms with Crippen LogP contribution in [0.3, 0.4) is 0 Å². The quantitative estimate of drug-likeness (QED) is 0.871. The predicted molar refractivity (Wildman–Crippen MR) is 114 cm³/mol. The summed E-state index contributed by atoms with van der Waals surface area (Å²) in [5, 5.41) is 0. The lowest BCUT2D eigenvalue weighted by Gasteiger charge is -2.38. The number of anilines is 4. The van der Waals surface area contributed by atoms with Crippen LogP contribution in [0.25, 0.3) is 0 Å². The van der Waals surface area contributed by atoms with Crippen molar-refractivity contribution in [2.45, 2.75) is 19.8 Å². The fourth-order valence-electron chi connectivity index (χ4n) is 4.23. The molecule has 2 saturated heterocycles. The van der Waals surface area contributed by atoms with Crippen LogP contribution in [0.1, 0.15) is 19.8 Å². The van der Waals surface area contributed by atoms with E-state index >= 15 is 0 Å². The van der Waals surface area contributed by atoms with Crippen LogP contribution in [-0.2, 0) is 0 Å². The van der Waals surface area contributed by atoms with Crippen LogP contribution in [-0.4, -0.2) is 56.3 Å². The lowest BCUT2D eigenvalue weighted by molar-refractivity contribution is 0.415. The maximum absolute atomic E-state index is 6.53. The van der Waals surface area contributed by atoms with Gasteiger partial charge < -0.3 is 25.2 Å². The highest BCUT2D eigenvalue weighted by atomic mass is 16.5. The fourth-order valence-corrected chi connectivity index (χ4v) is 4.23. The summed E-state index contributed by atoms with van der Waals surface area (Å²) in [6.45, 7) is 7.99. The second-order valence-corrected chi connectivity index (χ2v) is 7.80. The van der Waals surface area contributed by atoms with Crippen molar-refractivity contribution in [2.24, 2.45) is 5.92 Å². The van der Waals surface area contributed by atoms with Gasteiger partial charge in [-0.3, -0.25) is 0 Å². The SMILES string of the molecule is COc1ccc(N2CCN(c3ncnc(N4CCCC(C)C4)c3N)CC2)cc1. The van der Waals surface area contributed by atoms with E-state index in [0.717, 1.165) is 62.3 Å². The van der Waals surface area contributed by atoms with Gasteiger partial charge in [-0.2, -0.15) is 0 Å². The van der Waals surface area contributed by atoms with Crippen molar-refractivity contribution >= 4 is 23.0 Å². The molecule has 0 radical (unpaired) electrons. The molecule has 3 heterocycles. The van der Waals surface area contributed by atoms with Gasteiger partial charge in [-0.25, -0.2) is 9.97 Å². The molecule has 28 heavy (non-hydrogen) atoms. The molecule has 4 rings (SSSR count). The highest BCUT2D eigenvalue weighted by Crippen LogP contribution is 2.32. The normalized spacial score (nSPS) is 20.4.